The van der Waals surface area contributed by atoms with Crippen molar-refractivity contribution in [2.75, 3.05) is 5.32 Å². The fourth-order valence-corrected chi connectivity index (χ4v) is 5.25. The minimum absolute atomic E-state index is 0.131. The van der Waals surface area contributed by atoms with Crippen LogP contribution < -0.4 is 5.32 Å². The highest BCUT2D eigenvalue weighted by Gasteiger charge is 2.34. The molecule has 0 bridgehead atoms. The van der Waals surface area contributed by atoms with Crippen molar-refractivity contribution in [1.82, 2.24) is 3.96 Å². The first-order valence-corrected chi connectivity index (χ1v) is 10.4. The molecule has 0 amide bonds. The second-order valence-corrected chi connectivity index (χ2v) is 8.80. The van der Waals surface area contributed by atoms with Gasteiger partial charge in [-0.1, -0.05) is 67.4 Å². The predicted octanol–water partition coefficient (Wildman–Crippen LogP) is 6.94. The van der Waals surface area contributed by atoms with Gasteiger partial charge in [-0.2, -0.15) is 0 Å². The molecular weight excluding hydrogens is 356 g/mol. The molecule has 0 saturated heterocycles. The van der Waals surface area contributed by atoms with Gasteiger partial charge in [0, 0.05) is 16.8 Å². The maximum absolute atomic E-state index is 5.92. The molecule has 4 heteroatoms. The lowest BCUT2D eigenvalue weighted by Crippen LogP contribution is -2.30. The van der Waals surface area contributed by atoms with Crippen LogP contribution in [0.1, 0.15) is 44.1 Å². The van der Waals surface area contributed by atoms with Crippen molar-refractivity contribution in [3.8, 4) is 16.8 Å². The smallest absolute Gasteiger partial charge is 0.129 e. The Bertz CT molecular complexity index is 994. The Kier molecular flexibility index (Phi) is 4.49. The van der Waals surface area contributed by atoms with Crippen molar-refractivity contribution in [2.45, 2.75) is 45.6 Å². The summed E-state index contributed by atoms with van der Waals surface area (Å²) in [5.74, 6) is 0. The highest BCUT2D eigenvalue weighted by atomic mass is 32.1. The zero-order valence-corrected chi connectivity index (χ0v) is 17.1. The Morgan fingerprint density at radius 3 is 2.54 bits per heavy atom. The third-order valence-corrected chi connectivity index (χ3v) is 6.98. The minimum atomic E-state index is -0.131. The first kappa shape index (κ1) is 17.5. The quantitative estimate of drug-likeness (QED) is 0.494. The third kappa shape index (κ3) is 2.91. The number of benzene rings is 2. The van der Waals surface area contributed by atoms with E-state index < -0.39 is 0 Å². The molecule has 26 heavy (non-hydrogen) atoms. The highest BCUT2D eigenvalue weighted by Crippen LogP contribution is 2.47. The summed E-state index contributed by atoms with van der Waals surface area (Å²) < 4.78 is 3.11. The first-order valence-electron chi connectivity index (χ1n) is 9.25. The van der Waals surface area contributed by atoms with Crippen LogP contribution in [0.3, 0.4) is 0 Å². The Balaban J connectivity index is 1.82. The molecule has 0 fully saturated rings. The van der Waals surface area contributed by atoms with E-state index in [4.69, 9.17) is 12.2 Å². The molecule has 1 aliphatic heterocycles. The molecule has 2 aromatic carbocycles. The molecule has 2 heterocycles. The number of rotatable bonds is 4. The Morgan fingerprint density at radius 2 is 1.81 bits per heavy atom. The summed E-state index contributed by atoms with van der Waals surface area (Å²) in [6.45, 7) is 6.69. The number of aryl methyl sites for hydroxylation is 1. The van der Waals surface area contributed by atoms with Crippen LogP contribution in [0.5, 0.6) is 0 Å². The molecule has 0 unspecified atom stereocenters. The van der Waals surface area contributed by atoms with Crippen molar-refractivity contribution >= 4 is 29.4 Å². The second kappa shape index (κ2) is 6.67. The number of fused-ring (bicyclic) bond motifs is 3. The zero-order chi connectivity index (χ0) is 18.3. The number of para-hydroxylation sites is 1. The molecule has 4 rings (SSSR count). The van der Waals surface area contributed by atoms with E-state index in [1.165, 1.54) is 34.4 Å². The first-order chi connectivity index (χ1) is 12.5. The molecule has 3 aromatic rings. The fraction of sp³-hybridized carbons (Fsp3) is 0.318. The third-order valence-electron chi connectivity index (χ3n) is 5.01. The van der Waals surface area contributed by atoms with Crippen molar-refractivity contribution in [1.29, 1.82) is 0 Å². The standard InChI is InChI=1S/C22H24N2S2/c1-4-5-8-15-11-13-16(14-12-15)24-21(25)19-17-9-6-7-10-18(17)23-22(2,3)20(19)26-24/h6-7,9-14,23H,4-5,8H2,1-3H3. The van der Waals surface area contributed by atoms with Crippen LogP contribution in [-0.4, -0.2) is 3.96 Å². The van der Waals surface area contributed by atoms with Gasteiger partial charge in [-0.3, -0.25) is 3.96 Å². The molecule has 2 nitrogen and oxygen atoms in total. The lowest BCUT2D eigenvalue weighted by atomic mass is 9.90. The van der Waals surface area contributed by atoms with Gasteiger partial charge in [0.15, 0.2) is 0 Å². The van der Waals surface area contributed by atoms with Crippen LogP contribution >= 0.6 is 23.8 Å². The van der Waals surface area contributed by atoms with Gasteiger partial charge in [-0.25, -0.2) is 0 Å². The molecule has 1 N–H and O–H groups in total. The zero-order valence-electron chi connectivity index (χ0n) is 15.5. The summed E-state index contributed by atoms with van der Waals surface area (Å²) in [7, 11) is 0. The Morgan fingerprint density at radius 1 is 1.08 bits per heavy atom. The van der Waals surface area contributed by atoms with E-state index in [2.05, 4.69) is 78.6 Å². The average molecular weight is 381 g/mol. The van der Waals surface area contributed by atoms with E-state index in [0.717, 1.165) is 22.4 Å². The van der Waals surface area contributed by atoms with Crippen LogP contribution in [0.15, 0.2) is 48.5 Å². The topological polar surface area (TPSA) is 17.0 Å². The number of nitrogens with one attached hydrogen (secondary N) is 1. The largest absolute Gasteiger partial charge is 0.375 e. The van der Waals surface area contributed by atoms with E-state index in [1.807, 2.05) is 0 Å². The summed E-state index contributed by atoms with van der Waals surface area (Å²) in [6.07, 6.45) is 3.61. The van der Waals surface area contributed by atoms with E-state index in [0.29, 0.717) is 0 Å². The monoisotopic (exact) mass is 380 g/mol. The molecule has 1 aromatic heterocycles. The van der Waals surface area contributed by atoms with Gasteiger partial charge in [0.25, 0.3) is 0 Å². The predicted molar refractivity (Wildman–Crippen MR) is 115 cm³/mol. The molecule has 134 valence electrons. The minimum Gasteiger partial charge on any atom is -0.375 e. The van der Waals surface area contributed by atoms with Gasteiger partial charge in [-0.15, -0.1) is 0 Å². The average Bonchev–Trinajstić information content (AvgIpc) is 2.99. The van der Waals surface area contributed by atoms with E-state index in [-0.39, 0.29) is 5.54 Å². The molecule has 1 aliphatic rings. The second-order valence-electron chi connectivity index (χ2n) is 7.46. The summed E-state index contributed by atoms with van der Waals surface area (Å²) >= 11 is 7.68. The van der Waals surface area contributed by atoms with Crippen molar-refractivity contribution in [3.05, 3.63) is 63.6 Å². The van der Waals surface area contributed by atoms with E-state index in [1.54, 1.807) is 11.5 Å². The Labute approximate surface area is 164 Å². The molecule has 0 saturated carbocycles. The van der Waals surface area contributed by atoms with Crippen molar-refractivity contribution in [2.24, 2.45) is 0 Å². The van der Waals surface area contributed by atoms with Gasteiger partial charge in [0.1, 0.15) is 4.64 Å². The molecule has 0 radical (unpaired) electrons. The molecule has 0 atom stereocenters. The van der Waals surface area contributed by atoms with Crippen LogP contribution in [0.4, 0.5) is 5.69 Å². The van der Waals surface area contributed by atoms with Crippen LogP contribution in [-0.2, 0) is 12.0 Å². The summed E-state index contributed by atoms with van der Waals surface area (Å²) in [4.78, 5) is 1.30. The van der Waals surface area contributed by atoms with E-state index >= 15 is 0 Å². The van der Waals surface area contributed by atoms with Crippen molar-refractivity contribution in [3.63, 3.8) is 0 Å². The summed E-state index contributed by atoms with van der Waals surface area (Å²) in [5, 5.41) is 3.67. The number of hydrogen-bond acceptors (Lipinski definition) is 3. The number of anilines is 1. The molecular formula is C22H24N2S2. The summed E-state index contributed by atoms with van der Waals surface area (Å²) in [6, 6.07) is 17.3. The van der Waals surface area contributed by atoms with Crippen molar-refractivity contribution < 1.29 is 0 Å². The maximum Gasteiger partial charge on any atom is 0.129 e. The van der Waals surface area contributed by atoms with Gasteiger partial charge >= 0.3 is 0 Å². The highest BCUT2D eigenvalue weighted by molar-refractivity contribution is 7.71. The van der Waals surface area contributed by atoms with E-state index in [9.17, 15) is 0 Å². The number of hydrogen-bond donors (Lipinski definition) is 1. The maximum atomic E-state index is 5.92. The van der Waals surface area contributed by atoms with Gasteiger partial charge < -0.3 is 5.32 Å². The van der Waals surface area contributed by atoms with Gasteiger partial charge in [-0.05, 0) is 50.5 Å². The molecule has 0 spiro atoms. The van der Waals surface area contributed by atoms with Crippen LogP contribution in [0.25, 0.3) is 16.8 Å². The SMILES string of the molecule is CCCCc1ccc(-n2sc3c(c2=S)-c2ccccc2NC3(C)C)cc1. The lowest BCUT2D eigenvalue weighted by molar-refractivity contribution is 0.620. The summed E-state index contributed by atoms with van der Waals surface area (Å²) in [5.41, 5.74) is 6.00. The van der Waals surface area contributed by atoms with Gasteiger partial charge in [0.2, 0.25) is 0 Å². The fourth-order valence-electron chi connectivity index (χ4n) is 3.59. The number of nitrogens with zero attached hydrogens (tertiary/aromatic N) is 1. The Hall–Kier alpha value is -1.91. The number of unbranched alkanes of at least 4 members (excludes halogenated alkanes) is 1. The molecule has 0 aliphatic carbocycles. The number of aromatic nitrogens is 1. The normalized spacial score (nSPS) is 14.4. The lowest BCUT2D eigenvalue weighted by Gasteiger charge is -2.33. The van der Waals surface area contributed by atoms with Gasteiger partial charge in [0.05, 0.1) is 16.1 Å². The van der Waals surface area contributed by atoms with Crippen LogP contribution in [0, 0.1) is 4.64 Å². The van der Waals surface area contributed by atoms with Crippen LogP contribution in [0.2, 0.25) is 0 Å².